The normalized spacial score (nSPS) is 15.6. The summed E-state index contributed by atoms with van der Waals surface area (Å²) in [6.45, 7) is -0.347. The van der Waals surface area contributed by atoms with E-state index in [1.54, 1.807) is 18.2 Å². The first-order chi connectivity index (χ1) is 11.9. The van der Waals surface area contributed by atoms with Crippen LogP contribution in [0.2, 0.25) is 0 Å². The highest BCUT2D eigenvalue weighted by molar-refractivity contribution is 7.92. The predicted molar refractivity (Wildman–Crippen MR) is 91.1 cm³/mol. The predicted octanol–water partition coefficient (Wildman–Crippen LogP) is 1.23. The quantitative estimate of drug-likeness (QED) is 0.855. The second-order valence-electron chi connectivity index (χ2n) is 5.67. The SMILES string of the molecule is N#Cc1ccc(CCc2ccc(N3CC(=O)NS3(=O)=O)c(O)c2)cc1. The Balaban J connectivity index is 1.74. The van der Waals surface area contributed by atoms with Crippen LogP contribution < -0.4 is 9.03 Å². The van der Waals surface area contributed by atoms with E-state index in [1.165, 1.54) is 12.1 Å². The molecule has 7 nitrogen and oxygen atoms in total. The van der Waals surface area contributed by atoms with Crippen LogP contribution in [0.5, 0.6) is 5.75 Å². The molecule has 0 spiro atoms. The number of phenolic OH excluding ortho intramolecular Hbond substituents is 1. The van der Waals surface area contributed by atoms with Crippen LogP contribution in [-0.4, -0.2) is 26.0 Å². The molecule has 0 bridgehead atoms. The summed E-state index contributed by atoms with van der Waals surface area (Å²) >= 11 is 0. The molecular weight excluding hydrogens is 342 g/mol. The number of nitrogens with zero attached hydrogens (tertiary/aromatic N) is 2. The Bertz CT molecular complexity index is 962. The summed E-state index contributed by atoms with van der Waals surface area (Å²) in [5.74, 6) is -0.832. The van der Waals surface area contributed by atoms with E-state index in [-0.39, 0.29) is 18.0 Å². The first-order valence-corrected chi connectivity index (χ1v) is 8.97. The Labute approximate surface area is 145 Å². The van der Waals surface area contributed by atoms with Gasteiger partial charge in [0.2, 0.25) is 0 Å². The molecule has 0 aliphatic carbocycles. The molecule has 2 N–H and O–H groups in total. The van der Waals surface area contributed by atoms with Crippen molar-refractivity contribution < 1.29 is 18.3 Å². The van der Waals surface area contributed by atoms with Crippen molar-refractivity contribution in [2.45, 2.75) is 12.8 Å². The number of aromatic hydroxyl groups is 1. The lowest BCUT2D eigenvalue weighted by Crippen LogP contribution is -2.29. The van der Waals surface area contributed by atoms with Crippen LogP contribution in [0.25, 0.3) is 0 Å². The molecule has 0 radical (unpaired) electrons. The Kier molecular flexibility index (Phi) is 4.33. The molecule has 1 saturated heterocycles. The van der Waals surface area contributed by atoms with Crippen molar-refractivity contribution in [1.82, 2.24) is 4.72 Å². The van der Waals surface area contributed by atoms with E-state index in [1.807, 2.05) is 16.9 Å². The third kappa shape index (κ3) is 3.56. The largest absolute Gasteiger partial charge is 0.506 e. The topological polar surface area (TPSA) is 111 Å². The number of amides is 1. The number of phenols is 1. The molecule has 0 aromatic heterocycles. The Hall–Kier alpha value is -3.05. The average molecular weight is 357 g/mol. The lowest BCUT2D eigenvalue weighted by atomic mass is 10.0. The zero-order valence-electron chi connectivity index (χ0n) is 13.1. The van der Waals surface area contributed by atoms with E-state index in [0.717, 1.165) is 15.4 Å². The number of nitrogens with one attached hydrogen (secondary N) is 1. The van der Waals surface area contributed by atoms with E-state index in [9.17, 15) is 18.3 Å². The van der Waals surface area contributed by atoms with Crippen molar-refractivity contribution in [3.8, 4) is 11.8 Å². The minimum absolute atomic E-state index is 0.0699. The highest BCUT2D eigenvalue weighted by Gasteiger charge is 2.35. The number of hydrogen-bond donors (Lipinski definition) is 2. The highest BCUT2D eigenvalue weighted by atomic mass is 32.2. The first kappa shape index (κ1) is 16.8. The van der Waals surface area contributed by atoms with Crippen LogP contribution in [0.3, 0.4) is 0 Å². The van der Waals surface area contributed by atoms with Crippen LogP contribution in [-0.2, 0) is 27.8 Å². The smallest absolute Gasteiger partial charge is 0.326 e. The van der Waals surface area contributed by atoms with Gasteiger partial charge in [0.15, 0.2) is 0 Å². The first-order valence-electron chi connectivity index (χ1n) is 7.53. The monoisotopic (exact) mass is 357 g/mol. The maximum absolute atomic E-state index is 11.8. The van der Waals surface area contributed by atoms with Gasteiger partial charge in [-0.05, 0) is 48.2 Å². The molecular formula is C17H15N3O4S. The summed E-state index contributed by atoms with van der Waals surface area (Å²) in [5, 5.41) is 18.9. The summed E-state index contributed by atoms with van der Waals surface area (Å²) < 4.78 is 26.4. The van der Waals surface area contributed by atoms with Crippen LogP contribution in [0, 0.1) is 11.3 Å². The van der Waals surface area contributed by atoms with Crippen molar-refractivity contribution in [3.05, 3.63) is 59.2 Å². The van der Waals surface area contributed by atoms with E-state index >= 15 is 0 Å². The molecule has 1 heterocycles. The molecule has 8 heteroatoms. The number of aryl methyl sites for hydroxylation is 2. The number of hydrogen-bond acceptors (Lipinski definition) is 5. The van der Waals surface area contributed by atoms with Crippen molar-refractivity contribution in [2.75, 3.05) is 10.8 Å². The number of nitriles is 1. The van der Waals surface area contributed by atoms with E-state index < -0.39 is 16.1 Å². The van der Waals surface area contributed by atoms with Gasteiger partial charge in [-0.15, -0.1) is 0 Å². The number of carbonyl (C=O) groups excluding carboxylic acids is 1. The van der Waals surface area contributed by atoms with Crippen LogP contribution >= 0.6 is 0 Å². The molecule has 25 heavy (non-hydrogen) atoms. The zero-order chi connectivity index (χ0) is 18.0. The summed E-state index contributed by atoms with van der Waals surface area (Å²) in [6, 6.07) is 14.0. The molecule has 128 valence electrons. The van der Waals surface area contributed by atoms with Gasteiger partial charge in [0, 0.05) is 0 Å². The van der Waals surface area contributed by atoms with Crippen LogP contribution in [0.1, 0.15) is 16.7 Å². The Morgan fingerprint density at radius 1 is 1.12 bits per heavy atom. The lowest BCUT2D eigenvalue weighted by molar-refractivity contribution is -0.117. The zero-order valence-corrected chi connectivity index (χ0v) is 14.0. The number of carbonyl (C=O) groups is 1. The van der Waals surface area contributed by atoms with Gasteiger partial charge in [-0.1, -0.05) is 18.2 Å². The van der Waals surface area contributed by atoms with Gasteiger partial charge < -0.3 is 5.11 Å². The third-order valence-corrected chi connectivity index (χ3v) is 5.31. The Morgan fingerprint density at radius 3 is 2.32 bits per heavy atom. The summed E-state index contributed by atoms with van der Waals surface area (Å²) in [5.41, 5.74) is 2.56. The van der Waals surface area contributed by atoms with Gasteiger partial charge >= 0.3 is 10.2 Å². The minimum Gasteiger partial charge on any atom is -0.506 e. The summed E-state index contributed by atoms with van der Waals surface area (Å²) in [6.07, 6.45) is 1.36. The molecule has 3 rings (SSSR count). The Morgan fingerprint density at radius 2 is 1.76 bits per heavy atom. The maximum atomic E-state index is 11.8. The molecule has 1 amide bonds. The second kappa shape index (κ2) is 6.45. The molecule has 1 fully saturated rings. The van der Waals surface area contributed by atoms with Crippen molar-refractivity contribution in [2.24, 2.45) is 0 Å². The van der Waals surface area contributed by atoms with Crippen molar-refractivity contribution in [1.29, 1.82) is 5.26 Å². The summed E-state index contributed by atoms with van der Waals surface area (Å²) in [4.78, 5) is 11.3. The van der Waals surface area contributed by atoms with Crippen LogP contribution in [0.15, 0.2) is 42.5 Å². The van der Waals surface area contributed by atoms with Gasteiger partial charge in [0.05, 0.1) is 17.3 Å². The fraction of sp³-hybridized carbons (Fsp3) is 0.176. The second-order valence-corrected chi connectivity index (χ2v) is 7.26. The fourth-order valence-electron chi connectivity index (χ4n) is 2.63. The number of anilines is 1. The number of rotatable bonds is 4. The standard InChI is InChI=1S/C17H15N3O4S/c18-10-14-5-2-12(3-6-14)1-4-13-7-8-15(16(21)9-13)20-11-17(22)19-25(20,23)24/h2-3,5-9,21H,1,4,11H2,(H,19,22). The molecule has 0 atom stereocenters. The molecule has 1 aliphatic rings. The molecule has 2 aromatic rings. The van der Waals surface area contributed by atoms with Gasteiger partial charge in [-0.2, -0.15) is 13.7 Å². The molecule has 1 aliphatic heterocycles. The number of benzene rings is 2. The fourth-order valence-corrected chi connectivity index (χ4v) is 3.79. The third-order valence-electron chi connectivity index (χ3n) is 3.91. The van der Waals surface area contributed by atoms with E-state index in [4.69, 9.17) is 5.26 Å². The van der Waals surface area contributed by atoms with Crippen molar-refractivity contribution >= 4 is 21.8 Å². The van der Waals surface area contributed by atoms with Crippen LogP contribution in [0.4, 0.5) is 5.69 Å². The van der Waals surface area contributed by atoms with Crippen molar-refractivity contribution in [3.63, 3.8) is 0 Å². The molecule has 2 aromatic carbocycles. The lowest BCUT2D eigenvalue weighted by Gasteiger charge is -2.16. The summed E-state index contributed by atoms with van der Waals surface area (Å²) in [7, 11) is -3.94. The van der Waals surface area contributed by atoms with Gasteiger partial charge in [-0.3, -0.25) is 4.79 Å². The van der Waals surface area contributed by atoms with Gasteiger partial charge in [-0.25, -0.2) is 9.03 Å². The minimum atomic E-state index is -3.94. The van der Waals surface area contributed by atoms with E-state index in [2.05, 4.69) is 6.07 Å². The van der Waals surface area contributed by atoms with E-state index in [0.29, 0.717) is 18.4 Å². The highest BCUT2D eigenvalue weighted by Crippen LogP contribution is 2.31. The average Bonchev–Trinajstić information content (AvgIpc) is 2.85. The van der Waals surface area contributed by atoms with Gasteiger partial charge in [0.25, 0.3) is 5.91 Å². The molecule has 0 saturated carbocycles. The maximum Gasteiger partial charge on any atom is 0.326 e. The molecule has 0 unspecified atom stereocenters. The van der Waals surface area contributed by atoms with Gasteiger partial charge in [0.1, 0.15) is 12.3 Å².